The molecule has 0 unspecified atom stereocenters. The predicted octanol–water partition coefficient (Wildman–Crippen LogP) is 6.85. The van der Waals surface area contributed by atoms with Gasteiger partial charge in [0.2, 0.25) is 0 Å². The lowest BCUT2D eigenvalue weighted by Gasteiger charge is -2.26. The minimum Gasteiger partial charge on any atom is -0.371 e. The summed E-state index contributed by atoms with van der Waals surface area (Å²) in [5.41, 5.74) is 10.9. The third kappa shape index (κ3) is 4.44. The molecule has 34 heavy (non-hydrogen) atoms. The number of fused-ring (bicyclic) bond motifs is 4. The van der Waals surface area contributed by atoms with E-state index in [1.54, 1.807) is 0 Å². The van der Waals surface area contributed by atoms with Crippen LogP contribution in [0, 0.1) is 0 Å². The van der Waals surface area contributed by atoms with Gasteiger partial charge < -0.3 is 15.0 Å². The van der Waals surface area contributed by atoms with Gasteiger partial charge in [-0.15, -0.1) is 0 Å². The van der Waals surface area contributed by atoms with E-state index in [-0.39, 0.29) is 0 Å². The van der Waals surface area contributed by atoms with Gasteiger partial charge in [-0.3, -0.25) is 0 Å². The van der Waals surface area contributed by atoms with Crippen molar-refractivity contribution >= 4 is 22.7 Å². The lowest BCUT2D eigenvalue weighted by atomic mass is 10.0. The summed E-state index contributed by atoms with van der Waals surface area (Å²) < 4.78 is 5.44. The van der Waals surface area contributed by atoms with Crippen LogP contribution in [0.15, 0.2) is 97.1 Å². The van der Waals surface area contributed by atoms with E-state index in [2.05, 4.69) is 107 Å². The summed E-state index contributed by atoms with van der Waals surface area (Å²) in [6.45, 7) is 1.87. The van der Waals surface area contributed by atoms with Crippen molar-refractivity contribution in [3.05, 3.63) is 119 Å². The zero-order valence-electron chi connectivity index (χ0n) is 19.4. The standard InChI is InChI=1S/C17H17NO.C14H13N/c1-3-7-16-13(5-1)9-10-14-6-2-4-8-17(14)18(16)11-15-12-19-15;1-3-7-13-11(5-1)9-10-12-6-2-4-8-14(12)15-13/h1-8,15H,9-12H2;1-8,15H,9-10H2/t15-;/m1./s1. The van der Waals surface area contributed by atoms with Crippen molar-refractivity contribution in [1.82, 2.24) is 0 Å². The number of hydrogen-bond acceptors (Lipinski definition) is 3. The molecule has 0 spiro atoms. The molecule has 1 fully saturated rings. The molecule has 0 bridgehead atoms. The van der Waals surface area contributed by atoms with Crippen molar-refractivity contribution < 1.29 is 4.74 Å². The number of hydrogen-bond donors (Lipinski definition) is 1. The molecule has 4 aromatic rings. The first kappa shape index (κ1) is 21.0. The molecule has 7 rings (SSSR count). The van der Waals surface area contributed by atoms with Crippen LogP contribution in [0.25, 0.3) is 0 Å². The predicted molar refractivity (Wildman–Crippen MR) is 141 cm³/mol. The van der Waals surface area contributed by atoms with Crippen LogP contribution in [-0.4, -0.2) is 19.3 Å². The average Bonchev–Trinajstić information content (AvgIpc) is 3.74. The molecule has 0 aromatic heterocycles. The van der Waals surface area contributed by atoms with Gasteiger partial charge >= 0.3 is 0 Å². The number of nitrogens with one attached hydrogen (secondary N) is 1. The highest BCUT2D eigenvalue weighted by molar-refractivity contribution is 5.71. The molecule has 0 amide bonds. The Kier molecular flexibility index (Phi) is 5.78. The van der Waals surface area contributed by atoms with Gasteiger partial charge in [0.1, 0.15) is 0 Å². The van der Waals surface area contributed by atoms with E-state index in [1.807, 2.05) is 0 Å². The highest BCUT2D eigenvalue weighted by atomic mass is 16.6. The van der Waals surface area contributed by atoms with Gasteiger partial charge in [0.25, 0.3) is 0 Å². The molecule has 0 saturated carbocycles. The Bertz CT molecular complexity index is 1200. The summed E-state index contributed by atoms with van der Waals surface area (Å²) in [5.74, 6) is 0. The SMILES string of the molecule is c1ccc2c(c1)CCc1ccccc1N2.c1ccc2c(c1)CCc1ccccc1N2C[C@@H]1CO1. The topological polar surface area (TPSA) is 27.8 Å². The third-order valence-corrected chi connectivity index (χ3v) is 6.98. The van der Waals surface area contributed by atoms with Crippen LogP contribution in [0.3, 0.4) is 0 Å². The maximum Gasteiger partial charge on any atom is 0.0988 e. The Morgan fingerprint density at radius 2 is 1.00 bits per heavy atom. The smallest absolute Gasteiger partial charge is 0.0988 e. The van der Waals surface area contributed by atoms with Crippen LogP contribution < -0.4 is 10.2 Å². The van der Waals surface area contributed by atoms with E-state index in [1.165, 1.54) is 45.0 Å². The lowest BCUT2D eigenvalue weighted by molar-refractivity contribution is 0.411. The third-order valence-electron chi connectivity index (χ3n) is 6.98. The van der Waals surface area contributed by atoms with Gasteiger partial charge in [0.05, 0.1) is 19.3 Å². The first-order valence-electron chi connectivity index (χ1n) is 12.3. The van der Waals surface area contributed by atoms with E-state index in [4.69, 9.17) is 4.74 Å². The molecule has 0 aliphatic carbocycles. The monoisotopic (exact) mass is 446 g/mol. The Labute approximate surface area is 202 Å². The zero-order chi connectivity index (χ0) is 22.7. The van der Waals surface area contributed by atoms with Crippen LogP contribution in [0.5, 0.6) is 0 Å². The van der Waals surface area contributed by atoms with E-state index in [0.717, 1.165) is 38.8 Å². The number of rotatable bonds is 2. The minimum atomic E-state index is 0.402. The number of epoxide rings is 1. The van der Waals surface area contributed by atoms with Crippen molar-refractivity contribution in [3.8, 4) is 0 Å². The molecule has 1 atom stereocenters. The Balaban J connectivity index is 0.000000132. The molecule has 0 radical (unpaired) electrons. The summed E-state index contributed by atoms with van der Waals surface area (Å²) >= 11 is 0. The van der Waals surface area contributed by atoms with Crippen LogP contribution in [-0.2, 0) is 30.4 Å². The summed E-state index contributed by atoms with van der Waals surface area (Å²) in [5, 5.41) is 3.50. The van der Waals surface area contributed by atoms with Crippen molar-refractivity contribution in [1.29, 1.82) is 0 Å². The molecule has 170 valence electrons. The average molecular weight is 447 g/mol. The molecule has 3 aliphatic heterocycles. The first-order valence-corrected chi connectivity index (χ1v) is 12.3. The maximum absolute atomic E-state index is 5.44. The first-order chi connectivity index (χ1) is 16.8. The normalized spacial score (nSPS) is 17.3. The molecule has 4 aromatic carbocycles. The van der Waals surface area contributed by atoms with E-state index >= 15 is 0 Å². The van der Waals surface area contributed by atoms with Gasteiger partial charge in [-0.2, -0.15) is 0 Å². The van der Waals surface area contributed by atoms with E-state index in [0.29, 0.717) is 6.10 Å². The highest BCUT2D eigenvalue weighted by Crippen LogP contribution is 2.37. The van der Waals surface area contributed by atoms with Gasteiger partial charge in [-0.1, -0.05) is 72.8 Å². The Hall–Kier alpha value is -3.56. The summed E-state index contributed by atoms with van der Waals surface area (Å²) in [6.07, 6.45) is 4.89. The fourth-order valence-corrected chi connectivity index (χ4v) is 5.08. The maximum atomic E-state index is 5.44. The van der Waals surface area contributed by atoms with Crippen LogP contribution >= 0.6 is 0 Å². The Morgan fingerprint density at radius 3 is 1.50 bits per heavy atom. The fourth-order valence-electron chi connectivity index (χ4n) is 5.08. The number of anilines is 4. The molecule has 3 nitrogen and oxygen atoms in total. The minimum absolute atomic E-state index is 0.402. The number of ether oxygens (including phenoxy) is 1. The molecular weight excluding hydrogens is 416 g/mol. The highest BCUT2D eigenvalue weighted by Gasteiger charge is 2.29. The summed E-state index contributed by atoms with van der Waals surface area (Å²) in [6, 6.07) is 34.6. The molecule has 3 aliphatic rings. The molecule has 3 heteroatoms. The van der Waals surface area contributed by atoms with Crippen LogP contribution in [0.4, 0.5) is 22.7 Å². The number of aryl methyl sites for hydroxylation is 4. The van der Waals surface area contributed by atoms with Crippen molar-refractivity contribution in [2.24, 2.45) is 0 Å². The van der Waals surface area contributed by atoms with Gasteiger partial charge in [0.15, 0.2) is 0 Å². The second kappa shape index (κ2) is 9.36. The van der Waals surface area contributed by atoms with Crippen LogP contribution in [0.1, 0.15) is 22.3 Å². The van der Waals surface area contributed by atoms with Gasteiger partial charge in [-0.05, 0) is 72.2 Å². The quantitative estimate of drug-likeness (QED) is 0.341. The Morgan fingerprint density at radius 1 is 0.588 bits per heavy atom. The summed E-state index contributed by atoms with van der Waals surface area (Å²) in [4.78, 5) is 2.44. The van der Waals surface area contributed by atoms with Gasteiger partial charge in [0, 0.05) is 22.7 Å². The lowest BCUT2D eigenvalue weighted by Crippen LogP contribution is -2.23. The second-order valence-corrected chi connectivity index (χ2v) is 9.26. The van der Waals surface area contributed by atoms with Crippen molar-refractivity contribution in [2.45, 2.75) is 31.8 Å². The number of para-hydroxylation sites is 4. The molecular formula is C31H30N2O. The van der Waals surface area contributed by atoms with Crippen molar-refractivity contribution in [2.75, 3.05) is 23.4 Å². The summed E-state index contributed by atoms with van der Waals surface area (Å²) in [7, 11) is 0. The zero-order valence-corrected chi connectivity index (χ0v) is 19.4. The van der Waals surface area contributed by atoms with E-state index in [9.17, 15) is 0 Å². The fraction of sp³-hybridized carbons (Fsp3) is 0.226. The number of nitrogens with zero attached hydrogens (tertiary/aromatic N) is 1. The second-order valence-electron chi connectivity index (χ2n) is 9.26. The number of benzene rings is 4. The van der Waals surface area contributed by atoms with Crippen molar-refractivity contribution in [3.63, 3.8) is 0 Å². The largest absolute Gasteiger partial charge is 0.371 e. The van der Waals surface area contributed by atoms with Crippen LogP contribution in [0.2, 0.25) is 0 Å². The molecule has 3 heterocycles. The molecule has 1 saturated heterocycles. The van der Waals surface area contributed by atoms with E-state index < -0.39 is 0 Å². The van der Waals surface area contributed by atoms with Gasteiger partial charge in [-0.25, -0.2) is 0 Å². The molecule has 1 N–H and O–H groups in total.